The van der Waals surface area contributed by atoms with Crippen LogP contribution in [-0.4, -0.2) is 19.9 Å². The molecule has 5 nitrogen and oxygen atoms in total. The maximum atomic E-state index is 12.6. The predicted octanol–water partition coefficient (Wildman–Crippen LogP) is 3.39. The average molecular weight is 370 g/mol. The van der Waals surface area contributed by atoms with Crippen LogP contribution in [0.3, 0.4) is 0 Å². The van der Waals surface area contributed by atoms with Gasteiger partial charge < -0.3 is 5.32 Å². The average Bonchev–Trinajstić information content (AvgIpc) is 2.44. The maximum absolute atomic E-state index is 12.6. The van der Waals surface area contributed by atoms with Crippen LogP contribution in [0.2, 0.25) is 0 Å². The fourth-order valence-corrected chi connectivity index (χ4v) is 3.46. The minimum atomic E-state index is -3.70. The lowest BCUT2D eigenvalue weighted by Gasteiger charge is -2.14. The van der Waals surface area contributed by atoms with Gasteiger partial charge >= 0.3 is 0 Å². The van der Waals surface area contributed by atoms with Crippen LogP contribution < -0.4 is 10.0 Å². The molecular formula is C14H16BrN3O2S. The summed E-state index contributed by atoms with van der Waals surface area (Å²) in [6.07, 6.45) is 2.90. The predicted molar refractivity (Wildman–Crippen MR) is 88.1 cm³/mol. The second kappa shape index (κ2) is 6.44. The Hall–Kier alpha value is -1.60. The molecule has 0 radical (unpaired) electrons. The summed E-state index contributed by atoms with van der Waals surface area (Å²) in [7, 11) is -3.70. The summed E-state index contributed by atoms with van der Waals surface area (Å²) < 4.78 is 28.6. The second-order valence-electron chi connectivity index (χ2n) is 4.42. The number of rotatable bonds is 5. The largest absolute Gasteiger partial charge is 0.384 e. The van der Waals surface area contributed by atoms with Crippen molar-refractivity contribution in [2.45, 2.75) is 18.7 Å². The molecule has 0 atom stereocenters. The van der Waals surface area contributed by atoms with Crippen LogP contribution in [0, 0.1) is 6.92 Å². The number of anilines is 2. The standard InChI is InChI=1S/C14H16BrN3O2S/c1-3-17-13-7-8-16-9-14(13)21(19,20)18-12-6-4-5-11(15)10(12)2/h4-9,18H,3H2,1-2H3,(H,16,17). The minimum Gasteiger partial charge on any atom is -0.384 e. The lowest BCUT2D eigenvalue weighted by Crippen LogP contribution is -2.16. The number of benzene rings is 1. The van der Waals surface area contributed by atoms with Crippen molar-refractivity contribution in [2.24, 2.45) is 0 Å². The molecule has 0 aliphatic rings. The Bertz CT molecular complexity index is 748. The quantitative estimate of drug-likeness (QED) is 0.847. The van der Waals surface area contributed by atoms with Gasteiger partial charge in [-0.05, 0) is 37.6 Å². The van der Waals surface area contributed by atoms with Gasteiger partial charge in [-0.2, -0.15) is 0 Å². The van der Waals surface area contributed by atoms with Crippen molar-refractivity contribution in [1.29, 1.82) is 0 Å². The first kappa shape index (κ1) is 15.8. The number of aromatic nitrogens is 1. The van der Waals surface area contributed by atoms with E-state index < -0.39 is 10.0 Å². The maximum Gasteiger partial charge on any atom is 0.265 e. The Morgan fingerprint density at radius 1 is 1.24 bits per heavy atom. The van der Waals surface area contributed by atoms with Crippen LogP contribution in [0.5, 0.6) is 0 Å². The highest BCUT2D eigenvalue weighted by Gasteiger charge is 2.19. The van der Waals surface area contributed by atoms with Gasteiger partial charge in [0.2, 0.25) is 0 Å². The molecule has 1 heterocycles. The normalized spacial score (nSPS) is 11.2. The topological polar surface area (TPSA) is 71.1 Å². The van der Waals surface area contributed by atoms with E-state index in [2.05, 4.69) is 31.0 Å². The van der Waals surface area contributed by atoms with Crippen LogP contribution in [0.25, 0.3) is 0 Å². The van der Waals surface area contributed by atoms with E-state index >= 15 is 0 Å². The molecule has 0 spiro atoms. The van der Waals surface area contributed by atoms with E-state index in [9.17, 15) is 8.42 Å². The van der Waals surface area contributed by atoms with Gasteiger partial charge in [-0.15, -0.1) is 0 Å². The van der Waals surface area contributed by atoms with E-state index in [0.717, 1.165) is 10.0 Å². The number of nitrogens with one attached hydrogen (secondary N) is 2. The molecule has 1 aromatic carbocycles. The lowest BCUT2D eigenvalue weighted by molar-refractivity contribution is 0.601. The smallest absolute Gasteiger partial charge is 0.265 e. The molecule has 112 valence electrons. The number of nitrogens with zero attached hydrogens (tertiary/aromatic N) is 1. The van der Waals surface area contributed by atoms with Gasteiger partial charge in [0.1, 0.15) is 4.90 Å². The molecule has 1 aromatic heterocycles. The Labute approximate surface area is 133 Å². The molecule has 7 heteroatoms. The van der Waals surface area contributed by atoms with E-state index in [4.69, 9.17) is 0 Å². The molecular weight excluding hydrogens is 354 g/mol. The van der Waals surface area contributed by atoms with Crippen LogP contribution in [-0.2, 0) is 10.0 Å². The molecule has 0 bridgehead atoms. The molecule has 0 unspecified atom stereocenters. The molecule has 21 heavy (non-hydrogen) atoms. The molecule has 0 fully saturated rings. The minimum absolute atomic E-state index is 0.131. The van der Waals surface area contributed by atoms with Crippen molar-refractivity contribution in [3.63, 3.8) is 0 Å². The van der Waals surface area contributed by atoms with E-state index in [1.807, 2.05) is 19.9 Å². The van der Waals surface area contributed by atoms with Crippen LogP contribution in [0.15, 0.2) is 46.0 Å². The van der Waals surface area contributed by atoms with Gasteiger partial charge in [0.05, 0.1) is 11.4 Å². The van der Waals surface area contributed by atoms with E-state index in [-0.39, 0.29) is 4.90 Å². The Balaban J connectivity index is 2.41. The Morgan fingerprint density at radius 2 is 2.00 bits per heavy atom. The van der Waals surface area contributed by atoms with Crippen molar-refractivity contribution in [3.8, 4) is 0 Å². The van der Waals surface area contributed by atoms with Gasteiger partial charge in [0.25, 0.3) is 10.0 Å². The monoisotopic (exact) mass is 369 g/mol. The molecule has 2 N–H and O–H groups in total. The molecule has 0 saturated carbocycles. The van der Waals surface area contributed by atoms with Crippen molar-refractivity contribution >= 4 is 37.3 Å². The number of hydrogen-bond acceptors (Lipinski definition) is 4. The molecule has 0 amide bonds. The Morgan fingerprint density at radius 3 is 2.71 bits per heavy atom. The van der Waals surface area contributed by atoms with Gasteiger partial charge in [0, 0.05) is 23.4 Å². The molecule has 0 aliphatic heterocycles. The summed E-state index contributed by atoms with van der Waals surface area (Å²) in [6.45, 7) is 4.38. The van der Waals surface area contributed by atoms with E-state index in [1.165, 1.54) is 6.20 Å². The molecule has 2 aromatic rings. The number of sulfonamides is 1. The van der Waals surface area contributed by atoms with Crippen LogP contribution >= 0.6 is 15.9 Å². The zero-order chi connectivity index (χ0) is 15.5. The van der Waals surface area contributed by atoms with E-state index in [1.54, 1.807) is 24.4 Å². The van der Waals surface area contributed by atoms with Crippen molar-refractivity contribution < 1.29 is 8.42 Å². The van der Waals surface area contributed by atoms with Gasteiger partial charge in [-0.3, -0.25) is 9.71 Å². The SMILES string of the molecule is CCNc1ccncc1S(=O)(=O)Nc1cccc(Br)c1C. The first-order valence-electron chi connectivity index (χ1n) is 6.41. The van der Waals surface area contributed by atoms with Gasteiger partial charge in [-0.25, -0.2) is 8.42 Å². The number of pyridine rings is 1. The van der Waals surface area contributed by atoms with Crippen LogP contribution in [0.1, 0.15) is 12.5 Å². The lowest BCUT2D eigenvalue weighted by atomic mass is 10.2. The highest BCUT2D eigenvalue weighted by atomic mass is 79.9. The first-order chi connectivity index (χ1) is 9.95. The van der Waals surface area contributed by atoms with Crippen LogP contribution in [0.4, 0.5) is 11.4 Å². The molecule has 0 aliphatic carbocycles. The zero-order valence-electron chi connectivity index (χ0n) is 11.7. The van der Waals surface area contributed by atoms with Crippen molar-refractivity contribution in [3.05, 3.63) is 46.7 Å². The van der Waals surface area contributed by atoms with Crippen molar-refractivity contribution in [1.82, 2.24) is 4.98 Å². The fourth-order valence-electron chi connectivity index (χ4n) is 1.85. The van der Waals surface area contributed by atoms with Gasteiger partial charge in [-0.1, -0.05) is 22.0 Å². The van der Waals surface area contributed by atoms with Gasteiger partial charge in [0.15, 0.2) is 0 Å². The third-order valence-electron chi connectivity index (χ3n) is 2.95. The zero-order valence-corrected chi connectivity index (χ0v) is 14.1. The van der Waals surface area contributed by atoms with Crippen molar-refractivity contribution in [2.75, 3.05) is 16.6 Å². The summed E-state index contributed by atoms with van der Waals surface area (Å²) in [5, 5.41) is 3.03. The Kier molecular flexibility index (Phi) is 4.84. The third kappa shape index (κ3) is 3.54. The summed E-state index contributed by atoms with van der Waals surface area (Å²) in [5.41, 5.74) is 1.90. The molecule has 0 saturated heterocycles. The highest BCUT2D eigenvalue weighted by molar-refractivity contribution is 9.10. The number of hydrogen-bond donors (Lipinski definition) is 2. The summed E-state index contributed by atoms with van der Waals surface area (Å²) >= 11 is 3.39. The second-order valence-corrected chi connectivity index (χ2v) is 6.93. The summed E-state index contributed by atoms with van der Waals surface area (Å²) in [4.78, 5) is 4.04. The number of halogens is 1. The summed E-state index contributed by atoms with van der Waals surface area (Å²) in [6, 6.07) is 7.01. The van der Waals surface area contributed by atoms with E-state index in [0.29, 0.717) is 17.9 Å². The highest BCUT2D eigenvalue weighted by Crippen LogP contribution is 2.27. The third-order valence-corrected chi connectivity index (χ3v) is 5.21. The fraction of sp³-hybridized carbons (Fsp3) is 0.214. The summed E-state index contributed by atoms with van der Waals surface area (Å²) in [5.74, 6) is 0. The first-order valence-corrected chi connectivity index (χ1v) is 8.69. The molecule has 2 rings (SSSR count).